The van der Waals surface area contributed by atoms with Crippen molar-refractivity contribution in [2.24, 2.45) is 4.99 Å². The van der Waals surface area contributed by atoms with Gasteiger partial charge in [-0.2, -0.15) is 0 Å². The molecule has 1 aromatic heterocycles. The Bertz CT molecular complexity index is 794. The lowest BCUT2D eigenvalue weighted by Crippen LogP contribution is -2.37. The van der Waals surface area contributed by atoms with E-state index in [0.717, 1.165) is 53.4 Å². The molecule has 0 bridgehead atoms. The molecule has 0 radical (unpaired) electrons. The number of halogens is 3. The topological polar surface area (TPSA) is 52.6 Å². The Morgan fingerprint density at radius 3 is 2.66 bits per heavy atom. The third-order valence-electron chi connectivity index (χ3n) is 4.85. The van der Waals surface area contributed by atoms with Crippen molar-refractivity contribution in [3.8, 4) is 0 Å². The molecule has 1 aliphatic heterocycles. The van der Waals surface area contributed by atoms with Gasteiger partial charge in [-0.05, 0) is 55.0 Å². The predicted octanol–water partition coefficient (Wildman–Crippen LogP) is 4.50. The molecule has 0 spiro atoms. The Morgan fingerprint density at radius 2 is 2.00 bits per heavy atom. The highest BCUT2D eigenvalue weighted by molar-refractivity contribution is 14.0. The minimum Gasteiger partial charge on any atom is -0.357 e. The summed E-state index contributed by atoms with van der Waals surface area (Å²) in [4.78, 5) is 11.1. The third-order valence-corrected chi connectivity index (χ3v) is 5.35. The molecule has 3 rings (SSSR count). The molecule has 1 aromatic carbocycles. The molecule has 0 unspecified atom stereocenters. The molecule has 1 aliphatic rings. The van der Waals surface area contributed by atoms with Gasteiger partial charge < -0.3 is 15.5 Å². The molecule has 0 aliphatic carbocycles. The fourth-order valence-corrected chi connectivity index (χ4v) is 3.60. The molecule has 0 atom stereocenters. The quantitative estimate of drug-likeness (QED) is 0.221. The van der Waals surface area contributed by atoms with Crippen LogP contribution in [0.25, 0.3) is 0 Å². The van der Waals surface area contributed by atoms with E-state index in [-0.39, 0.29) is 29.8 Å². The molecule has 2 heterocycles. The van der Waals surface area contributed by atoms with Crippen LogP contribution in [-0.2, 0) is 13.0 Å². The first kappa shape index (κ1) is 23.9. The Morgan fingerprint density at radius 1 is 1.21 bits per heavy atom. The van der Waals surface area contributed by atoms with E-state index in [1.807, 2.05) is 18.3 Å². The van der Waals surface area contributed by atoms with Gasteiger partial charge in [-0.3, -0.25) is 4.99 Å². The monoisotopic (exact) mass is 575 g/mol. The number of nitrogens with zero attached hydrogens (tertiary/aromatic N) is 3. The molecule has 2 aromatic rings. The molecule has 1 saturated heterocycles. The highest BCUT2D eigenvalue weighted by Crippen LogP contribution is 2.18. The highest BCUT2D eigenvalue weighted by atomic mass is 127. The van der Waals surface area contributed by atoms with E-state index in [4.69, 9.17) is 0 Å². The number of aliphatic imine (C=N–C) groups is 1. The summed E-state index contributed by atoms with van der Waals surface area (Å²) in [5.74, 6) is 1.63. The summed E-state index contributed by atoms with van der Waals surface area (Å²) in [6.45, 7) is 3.59. The van der Waals surface area contributed by atoms with Crippen LogP contribution in [0.3, 0.4) is 0 Å². The van der Waals surface area contributed by atoms with E-state index in [2.05, 4.69) is 53.6 Å². The third kappa shape index (κ3) is 7.40. The van der Waals surface area contributed by atoms with Gasteiger partial charge in [0, 0.05) is 43.9 Å². The van der Waals surface area contributed by atoms with Crippen molar-refractivity contribution in [2.45, 2.75) is 32.2 Å². The summed E-state index contributed by atoms with van der Waals surface area (Å²) in [6.07, 6.45) is 5.93. The van der Waals surface area contributed by atoms with E-state index in [0.29, 0.717) is 13.0 Å². The second kappa shape index (κ2) is 12.3. The van der Waals surface area contributed by atoms with Gasteiger partial charge in [0.1, 0.15) is 11.6 Å². The summed E-state index contributed by atoms with van der Waals surface area (Å²) in [5, 5.41) is 6.57. The normalized spacial score (nSPS) is 13.9. The zero-order valence-corrected chi connectivity index (χ0v) is 20.5. The molecule has 1 fully saturated rings. The fourth-order valence-electron chi connectivity index (χ4n) is 3.27. The van der Waals surface area contributed by atoms with Crippen LogP contribution in [0.15, 0.2) is 46.0 Å². The number of benzene rings is 1. The van der Waals surface area contributed by atoms with Crippen LogP contribution in [0.1, 0.15) is 30.4 Å². The summed E-state index contributed by atoms with van der Waals surface area (Å²) in [6, 6.07) is 9.40. The number of hydrogen-bond donors (Lipinski definition) is 2. The largest absolute Gasteiger partial charge is 0.357 e. The average molecular weight is 576 g/mol. The van der Waals surface area contributed by atoms with Crippen molar-refractivity contribution < 1.29 is 4.39 Å². The van der Waals surface area contributed by atoms with Crippen LogP contribution in [0.4, 0.5) is 10.2 Å². The summed E-state index contributed by atoms with van der Waals surface area (Å²) in [5.41, 5.74) is 1.85. The molecule has 29 heavy (non-hydrogen) atoms. The van der Waals surface area contributed by atoms with Gasteiger partial charge in [0.25, 0.3) is 0 Å². The van der Waals surface area contributed by atoms with E-state index in [1.54, 1.807) is 7.05 Å². The van der Waals surface area contributed by atoms with E-state index in [9.17, 15) is 4.39 Å². The Kier molecular flexibility index (Phi) is 10.1. The fraction of sp³-hybridized carbons (Fsp3) is 0.429. The van der Waals surface area contributed by atoms with Gasteiger partial charge in [0.05, 0.1) is 0 Å². The van der Waals surface area contributed by atoms with Gasteiger partial charge >= 0.3 is 0 Å². The summed E-state index contributed by atoms with van der Waals surface area (Å²) < 4.78 is 14.6. The van der Waals surface area contributed by atoms with Crippen LogP contribution in [0, 0.1) is 5.82 Å². The van der Waals surface area contributed by atoms with Crippen LogP contribution < -0.4 is 15.5 Å². The summed E-state index contributed by atoms with van der Waals surface area (Å²) in [7, 11) is 1.75. The first-order valence-corrected chi connectivity index (χ1v) is 10.5. The molecule has 0 saturated carbocycles. The maximum absolute atomic E-state index is 13.8. The first-order valence-electron chi connectivity index (χ1n) is 9.74. The average Bonchev–Trinajstić information content (AvgIpc) is 3.24. The van der Waals surface area contributed by atoms with Crippen molar-refractivity contribution in [1.82, 2.24) is 15.6 Å². The van der Waals surface area contributed by atoms with Crippen LogP contribution in [-0.4, -0.2) is 37.6 Å². The summed E-state index contributed by atoms with van der Waals surface area (Å²) >= 11 is 3.28. The SMILES string of the molecule is CN=C(NCCCc1ccc(Br)cc1F)NCc1ccc(N2CCCC2)nc1.I. The van der Waals surface area contributed by atoms with Crippen LogP contribution in [0.2, 0.25) is 0 Å². The Hall–Kier alpha value is -1.42. The van der Waals surface area contributed by atoms with E-state index >= 15 is 0 Å². The number of aromatic nitrogens is 1. The van der Waals surface area contributed by atoms with Crippen molar-refractivity contribution in [2.75, 3.05) is 31.6 Å². The highest BCUT2D eigenvalue weighted by Gasteiger charge is 2.13. The lowest BCUT2D eigenvalue weighted by atomic mass is 10.1. The number of rotatable bonds is 7. The standard InChI is InChI=1S/C21H27BrFN5.HI/c1-24-21(25-10-4-5-17-7-8-18(22)13-19(17)23)27-15-16-6-9-20(26-14-16)28-11-2-3-12-28;/h6-9,13-14H,2-5,10-12,15H2,1H3,(H2,24,25,27);1H. The molecule has 5 nitrogen and oxygen atoms in total. The van der Waals surface area contributed by atoms with Gasteiger partial charge in [-0.1, -0.05) is 28.1 Å². The number of pyridine rings is 1. The van der Waals surface area contributed by atoms with Gasteiger partial charge in [-0.25, -0.2) is 9.37 Å². The molecule has 2 N–H and O–H groups in total. The smallest absolute Gasteiger partial charge is 0.191 e. The van der Waals surface area contributed by atoms with Crippen molar-refractivity contribution >= 4 is 51.7 Å². The Labute approximate surface area is 197 Å². The van der Waals surface area contributed by atoms with Gasteiger partial charge in [0.15, 0.2) is 5.96 Å². The van der Waals surface area contributed by atoms with Gasteiger partial charge in [-0.15, -0.1) is 24.0 Å². The first-order chi connectivity index (χ1) is 13.7. The van der Waals surface area contributed by atoms with E-state index in [1.165, 1.54) is 18.9 Å². The zero-order chi connectivity index (χ0) is 19.8. The van der Waals surface area contributed by atoms with Crippen molar-refractivity contribution in [3.05, 3.63) is 57.9 Å². The number of aryl methyl sites for hydroxylation is 1. The Balaban J connectivity index is 0.00000300. The number of guanidine groups is 1. The second-order valence-corrected chi connectivity index (χ2v) is 7.83. The molecule has 0 amide bonds. The van der Waals surface area contributed by atoms with E-state index < -0.39 is 0 Å². The lowest BCUT2D eigenvalue weighted by Gasteiger charge is -2.16. The number of anilines is 1. The zero-order valence-electron chi connectivity index (χ0n) is 16.6. The molecule has 158 valence electrons. The number of hydrogen-bond acceptors (Lipinski definition) is 3. The molecular formula is C21H28BrFIN5. The number of nitrogens with one attached hydrogen (secondary N) is 2. The molecule has 8 heteroatoms. The lowest BCUT2D eigenvalue weighted by molar-refractivity contribution is 0.602. The molecular weight excluding hydrogens is 548 g/mol. The maximum Gasteiger partial charge on any atom is 0.191 e. The van der Waals surface area contributed by atoms with Crippen molar-refractivity contribution in [1.29, 1.82) is 0 Å². The van der Waals surface area contributed by atoms with Crippen LogP contribution in [0.5, 0.6) is 0 Å². The second-order valence-electron chi connectivity index (χ2n) is 6.91. The van der Waals surface area contributed by atoms with Gasteiger partial charge in [0.2, 0.25) is 0 Å². The predicted molar refractivity (Wildman–Crippen MR) is 132 cm³/mol. The van der Waals surface area contributed by atoms with Crippen LogP contribution >= 0.6 is 39.9 Å². The maximum atomic E-state index is 13.8. The minimum absolute atomic E-state index is 0. The van der Waals surface area contributed by atoms with Crippen molar-refractivity contribution in [3.63, 3.8) is 0 Å². The minimum atomic E-state index is -0.165.